The molecule has 1 saturated carbocycles. The lowest BCUT2D eigenvalue weighted by Crippen LogP contribution is -2.52. The van der Waals surface area contributed by atoms with Crippen LogP contribution in [0, 0.1) is 5.92 Å². The second-order valence-electron chi connectivity index (χ2n) is 10.9. The molecule has 2 fully saturated rings. The summed E-state index contributed by atoms with van der Waals surface area (Å²) in [6, 6.07) is 9.95. The fourth-order valence-corrected chi connectivity index (χ4v) is 6.32. The van der Waals surface area contributed by atoms with Gasteiger partial charge in [0.1, 0.15) is 18.9 Å². The van der Waals surface area contributed by atoms with Crippen LogP contribution in [-0.2, 0) is 29.1 Å². The maximum atomic E-state index is 13.6. The van der Waals surface area contributed by atoms with E-state index < -0.39 is 52.9 Å². The number of carbonyl (C=O) groups excluding carboxylic acids is 3. The van der Waals surface area contributed by atoms with Crippen LogP contribution in [0.15, 0.2) is 52.5 Å². The molecule has 4 N–H and O–H groups in total. The molecule has 238 valence electrons. The summed E-state index contributed by atoms with van der Waals surface area (Å²) in [4.78, 5) is 52.5. The van der Waals surface area contributed by atoms with Crippen molar-refractivity contribution in [2.24, 2.45) is 11.0 Å². The van der Waals surface area contributed by atoms with Gasteiger partial charge in [-0.25, -0.2) is 18.6 Å². The highest BCUT2D eigenvalue weighted by Gasteiger charge is 2.39. The smallest absolute Gasteiger partial charge is 0.427 e. The molecule has 0 bridgehead atoms. The molecular formula is C29H38N6O8S. The number of carboxylic acids is 1. The number of benzene rings is 2. The molecule has 0 unspecified atom stereocenters. The minimum atomic E-state index is -4.26. The Hall–Kier alpha value is -4.24. The third-order valence-corrected chi connectivity index (χ3v) is 8.85. The van der Waals surface area contributed by atoms with E-state index in [1.807, 2.05) is 17.0 Å². The number of sulfonamides is 1. The second kappa shape index (κ2) is 15.0. The van der Waals surface area contributed by atoms with Crippen LogP contribution in [0.5, 0.6) is 0 Å². The highest BCUT2D eigenvalue weighted by molar-refractivity contribution is 7.89. The molecule has 2 atom stereocenters. The summed E-state index contributed by atoms with van der Waals surface area (Å²) in [6.07, 6.45) is 3.18. The van der Waals surface area contributed by atoms with E-state index in [1.165, 1.54) is 18.5 Å². The summed E-state index contributed by atoms with van der Waals surface area (Å²) in [6.45, 7) is 2.86. The first-order chi connectivity index (χ1) is 21.1. The molecule has 0 spiro atoms. The predicted octanol–water partition coefficient (Wildman–Crippen LogP) is 1.47. The van der Waals surface area contributed by atoms with E-state index in [1.54, 1.807) is 25.1 Å². The Kier molecular flexibility index (Phi) is 11.1. The van der Waals surface area contributed by atoms with Crippen LogP contribution in [0.2, 0.25) is 0 Å². The van der Waals surface area contributed by atoms with Gasteiger partial charge in [0, 0.05) is 25.7 Å². The number of carbonyl (C=O) groups is 4. The zero-order valence-corrected chi connectivity index (χ0v) is 25.3. The van der Waals surface area contributed by atoms with Crippen LogP contribution in [0.3, 0.4) is 0 Å². The summed E-state index contributed by atoms with van der Waals surface area (Å²) < 4.78 is 34.0. The molecule has 44 heavy (non-hydrogen) atoms. The zero-order chi connectivity index (χ0) is 31.7. The average molecular weight is 631 g/mol. The zero-order valence-electron chi connectivity index (χ0n) is 24.5. The second-order valence-corrected chi connectivity index (χ2v) is 12.6. The Bertz CT molecular complexity index is 1500. The number of hydrogen-bond donors (Lipinski definition) is 4. The highest BCUT2D eigenvalue weighted by Crippen LogP contribution is 2.28. The van der Waals surface area contributed by atoms with Gasteiger partial charge in [-0.05, 0) is 61.4 Å². The lowest BCUT2D eigenvalue weighted by Gasteiger charge is -2.31. The maximum Gasteiger partial charge on any atom is 0.427 e. The van der Waals surface area contributed by atoms with Gasteiger partial charge >= 0.3 is 12.1 Å². The van der Waals surface area contributed by atoms with Crippen LogP contribution >= 0.6 is 0 Å². The summed E-state index contributed by atoms with van der Waals surface area (Å²) in [7, 11) is -4.26. The molecule has 2 aromatic rings. The van der Waals surface area contributed by atoms with Crippen molar-refractivity contribution in [3.63, 3.8) is 0 Å². The number of carboxylic acid groups (broad SMARTS) is 1. The number of rotatable bonds is 14. The first kappa shape index (κ1) is 32.7. The molecule has 4 rings (SSSR count). The average Bonchev–Trinajstić information content (AvgIpc) is 3.84. The standard InChI is InChI=1S/C29H38N6O8S/c1-2-43-29(40)32-31-19-34-13-5-6-20(17-34)16-30-26(36)15-25(28(39)35(18-27(37)38)23-10-11-23)33-44(41,42)24-12-9-21-7-3-4-8-22(21)14-24/h3-4,7-9,12,14,19-20,23,25,33H,2,5-6,10-11,13,15-18H2,1H3,(H,30,36)(H,32,40)(H,37,38)/t20-,25-/m0/s1. The van der Waals surface area contributed by atoms with Crippen LogP contribution in [0.1, 0.15) is 39.0 Å². The number of hydrogen-bond acceptors (Lipinski definition) is 8. The molecule has 14 nitrogen and oxygen atoms in total. The van der Waals surface area contributed by atoms with Crippen LogP contribution < -0.4 is 15.5 Å². The topological polar surface area (TPSA) is 187 Å². The first-order valence-corrected chi connectivity index (χ1v) is 16.0. The van der Waals surface area contributed by atoms with Gasteiger partial charge in [-0.1, -0.05) is 30.3 Å². The summed E-state index contributed by atoms with van der Waals surface area (Å²) in [5, 5.41) is 17.6. The van der Waals surface area contributed by atoms with Crippen molar-refractivity contribution >= 4 is 51.0 Å². The number of aliphatic carboxylic acids is 1. The van der Waals surface area contributed by atoms with E-state index in [0.29, 0.717) is 31.3 Å². The minimum Gasteiger partial charge on any atom is -0.480 e. The van der Waals surface area contributed by atoms with Gasteiger partial charge in [-0.3, -0.25) is 14.4 Å². The highest BCUT2D eigenvalue weighted by atomic mass is 32.2. The first-order valence-electron chi connectivity index (χ1n) is 14.6. The molecule has 0 radical (unpaired) electrons. The van der Waals surface area contributed by atoms with Crippen molar-refractivity contribution in [1.82, 2.24) is 25.3 Å². The van der Waals surface area contributed by atoms with Crippen molar-refractivity contribution in [3.05, 3.63) is 42.5 Å². The van der Waals surface area contributed by atoms with Gasteiger partial charge in [-0.2, -0.15) is 9.82 Å². The summed E-state index contributed by atoms with van der Waals surface area (Å²) >= 11 is 0. The Labute approximate surface area is 255 Å². The number of ether oxygens (including phenoxy) is 1. The number of piperidine rings is 1. The fraction of sp³-hybridized carbons (Fsp3) is 0.483. The van der Waals surface area contributed by atoms with Crippen molar-refractivity contribution in [2.45, 2.75) is 56.0 Å². The minimum absolute atomic E-state index is 0.0418. The SMILES string of the molecule is CCOC(=O)NN=CN1CCC[C@@H](CNC(=O)C[C@H](NS(=O)(=O)c2ccc3ccccc3c2)C(=O)N(CC(=O)O)C2CC2)C1. The normalized spacial score (nSPS) is 17.7. The largest absolute Gasteiger partial charge is 0.480 e. The fourth-order valence-electron chi connectivity index (χ4n) is 5.10. The molecule has 3 amide bonds. The summed E-state index contributed by atoms with van der Waals surface area (Å²) in [5.74, 6) is -2.50. The number of nitrogens with one attached hydrogen (secondary N) is 3. The Morgan fingerprint density at radius 1 is 1.14 bits per heavy atom. The molecule has 1 aliphatic heterocycles. The number of hydrazone groups is 1. The van der Waals surface area contributed by atoms with Crippen molar-refractivity contribution in [1.29, 1.82) is 0 Å². The molecule has 2 aliphatic rings. The molecule has 0 aromatic heterocycles. The van der Waals surface area contributed by atoms with Gasteiger partial charge in [-0.15, -0.1) is 0 Å². The number of amides is 3. The third kappa shape index (κ3) is 9.38. The Morgan fingerprint density at radius 3 is 2.59 bits per heavy atom. The molecule has 2 aromatic carbocycles. The van der Waals surface area contributed by atoms with Gasteiger partial charge < -0.3 is 25.0 Å². The van der Waals surface area contributed by atoms with E-state index in [4.69, 9.17) is 4.74 Å². The van der Waals surface area contributed by atoms with Crippen molar-refractivity contribution in [3.8, 4) is 0 Å². The molecular weight excluding hydrogens is 592 g/mol. The van der Waals surface area contributed by atoms with E-state index in [0.717, 1.165) is 23.1 Å². The van der Waals surface area contributed by atoms with Crippen LogP contribution in [0.4, 0.5) is 4.79 Å². The summed E-state index contributed by atoms with van der Waals surface area (Å²) in [5.41, 5.74) is 2.27. The monoisotopic (exact) mass is 630 g/mol. The molecule has 15 heteroatoms. The maximum absolute atomic E-state index is 13.6. The third-order valence-electron chi connectivity index (χ3n) is 7.38. The van der Waals surface area contributed by atoms with E-state index >= 15 is 0 Å². The lowest BCUT2D eigenvalue weighted by atomic mass is 9.98. The van der Waals surface area contributed by atoms with Gasteiger partial charge in [0.25, 0.3) is 0 Å². The van der Waals surface area contributed by atoms with E-state index in [-0.39, 0.29) is 30.0 Å². The van der Waals surface area contributed by atoms with Gasteiger partial charge in [0.15, 0.2) is 0 Å². The van der Waals surface area contributed by atoms with Crippen LogP contribution in [-0.4, -0.2) is 98.4 Å². The Morgan fingerprint density at radius 2 is 1.89 bits per heavy atom. The number of fused-ring (bicyclic) bond motifs is 1. The number of likely N-dealkylation sites (tertiary alicyclic amines) is 1. The quantitative estimate of drug-likeness (QED) is 0.136. The van der Waals surface area contributed by atoms with E-state index in [2.05, 4.69) is 20.6 Å². The van der Waals surface area contributed by atoms with Crippen LogP contribution in [0.25, 0.3) is 10.8 Å². The van der Waals surface area contributed by atoms with Gasteiger partial charge in [0.2, 0.25) is 21.8 Å². The molecule has 1 heterocycles. The van der Waals surface area contributed by atoms with Crippen molar-refractivity contribution < 1.29 is 37.4 Å². The van der Waals surface area contributed by atoms with Crippen molar-refractivity contribution in [2.75, 3.05) is 32.8 Å². The molecule has 1 saturated heterocycles. The lowest BCUT2D eigenvalue weighted by molar-refractivity contribution is -0.146. The van der Waals surface area contributed by atoms with E-state index in [9.17, 15) is 32.7 Å². The number of nitrogens with zero attached hydrogens (tertiary/aromatic N) is 3. The molecule has 1 aliphatic carbocycles. The Balaban J connectivity index is 1.42. The van der Waals surface area contributed by atoms with Gasteiger partial charge in [0.05, 0.1) is 17.9 Å². The predicted molar refractivity (Wildman–Crippen MR) is 161 cm³/mol.